The maximum Gasteiger partial charge on any atom is 0.278 e. The summed E-state index contributed by atoms with van der Waals surface area (Å²) in [5.74, 6) is 0.891. The van der Waals surface area contributed by atoms with E-state index in [-0.39, 0.29) is 17.8 Å². The molecule has 2 heterocycles. The van der Waals surface area contributed by atoms with Gasteiger partial charge < -0.3 is 19.5 Å². The first-order chi connectivity index (χ1) is 16.0. The Bertz CT molecular complexity index is 1210. The summed E-state index contributed by atoms with van der Waals surface area (Å²) in [4.78, 5) is 32.1. The first-order valence-corrected chi connectivity index (χ1v) is 10.2. The molecule has 3 aromatic rings. The molecule has 2 amide bonds. The molecule has 1 aliphatic rings. The van der Waals surface area contributed by atoms with Crippen LogP contribution in [0.2, 0.25) is 0 Å². The Hall–Kier alpha value is -4.33. The van der Waals surface area contributed by atoms with Gasteiger partial charge in [0.25, 0.3) is 11.8 Å². The van der Waals surface area contributed by atoms with Gasteiger partial charge in [-0.15, -0.1) is 0 Å². The molecule has 0 aliphatic carbocycles. The van der Waals surface area contributed by atoms with Crippen molar-refractivity contribution in [1.82, 2.24) is 9.88 Å². The van der Waals surface area contributed by atoms with Crippen molar-refractivity contribution < 1.29 is 23.8 Å². The molecule has 0 unspecified atom stereocenters. The van der Waals surface area contributed by atoms with Crippen LogP contribution < -0.4 is 19.5 Å². The molecular formula is C25H23N3O5. The van der Waals surface area contributed by atoms with Crippen molar-refractivity contribution in [3.63, 3.8) is 0 Å². The molecule has 168 valence electrons. The summed E-state index contributed by atoms with van der Waals surface area (Å²) in [5.41, 5.74) is 2.31. The third-order valence-electron chi connectivity index (χ3n) is 5.28. The quantitative estimate of drug-likeness (QED) is 0.531. The Morgan fingerprint density at radius 3 is 2.24 bits per heavy atom. The van der Waals surface area contributed by atoms with Crippen LogP contribution in [-0.4, -0.2) is 43.0 Å². The zero-order valence-electron chi connectivity index (χ0n) is 18.5. The second kappa shape index (κ2) is 9.44. The van der Waals surface area contributed by atoms with E-state index < -0.39 is 11.8 Å². The summed E-state index contributed by atoms with van der Waals surface area (Å²) in [7, 11) is 4.65. The first kappa shape index (κ1) is 21.9. The van der Waals surface area contributed by atoms with Crippen LogP contribution in [0.1, 0.15) is 11.1 Å². The molecule has 0 bridgehead atoms. The number of hydrogen-bond acceptors (Lipinski definition) is 7. The number of hydrogen-bond donors (Lipinski definition) is 1. The van der Waals surface area contributed by atoms with Crippen molar-refractivity contribution in [3.8, 4) is 17.2 Å². The number of carbonyl (C=O) groups is 2. The Balaban J connectivity index is 1.76. The van der Waals surface area contributed by atoms with Gasteiger partial charge in [-0.05, 0) is 41.5 Å². The summed E-state index contributed by atoms with van der Waals surface area (Å²) in [5, 5.41) is 3.12. The average Bonchev–Trinajstić information content (AvgIpc) is 3.09. The third-order valence-corrected chi connectivity index (χ3v) is 5.28. The summed E-state index contributed by atoms with van der Waals surface area (Å²) in [6, 6.07) is 15.7. The number of methoxy groups -OCH3 is 3. The summed E-state index contributed by atoms with van der Waals surface area (Å²) in [6.45, 7) is 0.107. The molecule has 0 saturated carbocycles. The minimum Gasteiger partial charge on any atom is -0.497 e. The first-order valence-electron chi connectivity index (χ1n) is 10.2. The Morgan fingerprint density at radius 1 is 0.879 bits per heavy atom. The normalized spacial score (nSPS) is 13.4. The fourth-order valence-corrected chi connectivity index (χ4v) is 3.57. The van der Waals surface area contributed by atoms with Gasteiger partial charge in [-0.1, -0.05) is 18.2 Å². The molecule has 0 saturated heterocycles. The molecule has 8 nitrogen and oxygen atoms in total. The van der Waals surface area contributed by atoms with Gasteiger partial charge in [-0.3, -0.25) is 19.5 Å². The zero-order chi connectivity index (χ0) is 23.4. The van der Waals surface area contributed by atoms with Crippen molar-refractivity contribution in [2.75, 3.05) is 26.6 Å². The minimum absolute atomic E-state index is 0.107. The molecule has 2 aromatic carbocycles. The number of pyridine rings is 1. The van der Waals surface area contributed by atoms with Crippen LogP contribution in [0.4, 0.5) is 5.69 Å². The number of carbonyl (C=O) groups excluding carboxylic acids is 2. The molecule has 4 rings (SSSR count). The summed E-state index contributed by atoms with van der Waals surface area (Å²) >= 11 is 0. The van der Waals surface area contributed by atoms with Gasteiger partial charge in [0, 0.05) is 18.5 Å². The Labute approximate surface area is 191 Å². The number of nitrogens with one attached hydrogen (secondary N) is 1. The number of benzene rings is 2. The van der Waals surface area contributed by atoms with E-state index in [2.05, 4.69) is 10.3 Å². The highest BCUT2D eigenvalue weighted by Gasteiger charge is 2.39. The lowest BCUT2D eigenvalue weighted by molar-refractivity contribution is -0.137. The molecule has 1 N–H and O–H groups in total. The van der Waals surface area contributed by atoms with Gasteiger partial charge in [0.2, 0.25) is 0 Å². The van der Waals surface area contributed by atoms with E-state index in [1.165, 1.54) is 12.0 Å². The van der Waals surface area contributed by atoms with Gasteiger partial charge >= 0.3 is 0 Å². The molecule has 1 aromatic heterocycles. The fraction of sp³-hybridized carbons (Fsp3) is 0.160. The van der Waals surface area contributed by atoms with Crippen molar-refractivity contribution in [2.24, 2.45) is 0 Å². The van der Waals surface area contributed by atoms with Gasteiger partial charge in [0.1, 0.15) is 22.9 Å². The fourth-order valence-electron chi connectivity index (χ4n) is 3.57. The molecule has 0 atom stereocenters. The lowest BCUT2D eigenvalue weighted by Gasteiger charge is -2.16. The van der Waals surface area contributed by atoms with Crippen LogP contribution in [0, 0.1) is 0 Å². The van der Waals surface area contributed by atoms with Crippen LogP contribution in [0.5, 0.6) is 17.2 Å². The topological polar surface area (TPSA) is 90.0 Å². The minimum atomic E-state index is -0.437. The average molecular weight is 445 g/mol. The van der Waals surface area contributed by atoms with Gasteiger partial charge in [0.05, 0.1) is 39.1 Å². The highest BCUT2D eigenvalue weighted by molar-refractivity contribution is 6.36. The molecule has 0 spiro atoms. The maximum atomic E-state index is 13.4. The number of ether oxygens (including phenoxy) is 3. The Morgan fingerprint density at radius 2 is 1.61 bits per heavy atom. The molecular weight excluding hydrogens is 422 g/mol. The SMILES string of the molecule is COc1ccc(C2=C(Nc3ccc(OC)cc3OC)C(=O)N(Cc3cccnc3)C2=O)cc1. The molecule has 0 radical (unpaired) electrons. The van der Waals surface area contributed by atoms with Crippen LogP contribution >= 0.6 is 0 Å². The van der Waals surface area contributed by atoms with E-state index in [9.17, 15) is 9.59 Å². The molecule has 8 heteroatoms. The van der Waals surface area contributed by atoms with Crippen LogP contribution in [-0.2, 0) is 16.1 Å². The number of aromatic nitrogens is 1. The smallest absolute Gasteiger partial charge is 0.278 e. The van der Waals surface area contributed by atoms with Crippen molar-refractivity contribution in [1.29, 1.82) is 0 Å². The van der Waals surface area contributed by atoms with Crippen molar-refractivity contribution in [3.05, 3.63) is 83.8 Å². The van der Waals surface area contributed by atoms with E-state index in [1.807, 2.05) is 6.07 Å². The van der Waals surface area contributed by atoms with Crippen LogP contribution in [0.3, 0.4) is 0 Å². The number of rotatable bonds is 8. The van der Waals surface area contributed by atoms with Gasteiger partial charge in [-0.25, -0.2) is 0 Å². The largest absolute Gasteiger partial charge is 0.497 e. The van der Waals surface area contributed by atoms with Gasteiger partial charge in [0.15, 0.2) is 0 Å². The number of imide groups is 1. The summed E-state index contributed by atoms with van der Waals surface area (Å²) < 4.78 is 15.9. The molecule has 0 fully saturated rings. The standard InChI is InChI=1S/C25H23N3O5/c1-31-18-8-6-17(7-9-18)22-23(27-20-11-10-19(32-2)13-21(20)33-3)25(30)28(24(22)29)15-16-5-4-12-26-14-16/h4-14,27H,15H2,1-3H3. The van der Waals surface area contributed by atoms with E-state index >= 15 is 0 Å². The maximum absolute atomic E-state index is 13.4. The van der Waals surface area contributed by atoms with Crippen molar-refractivity contribution >= 4 is 23.1 Å². The van der Waals surface area contributed by atoms with Gasteiger partial charge in [-0.2, -0.15) is 0 Å². The predicted octanol–water partition coefficient (Wildman–Crippen LogP) is 3.50. The third kappa shape index (κ3) is 4.36. The number of anilines is 1. The van der Waals surface area contributed by atoms with Crippen LogP contribution in [0.15, 0.2) is 72.7 Å². The lowest BCUT2D eigenvalue weighted by Crippen LogP contribution is -2.32. The van der Waals surface area contributed by atoms with E-state index in [0.717, 1.165) is 5.56 Å². The highest BCUT2D eigenvalue weighted by atomic mass is 16.5. The Kier molecular flexibility index (Phi) is 6.26. The molecule has 33 heavy (non-hydrogen) atoms. The number of amides is 2. The monoisotopic (exact) mass is 445 g/mol. The zero-order valence-corrected chi connectivity index (χ0v) is 18.5. The van der Waals surface area contributed by atoms with E-state index in [4.69, 9.17) is 14.2 Å². The second-order valence-corrected chi connectivity index (χ2v) is 7.23. The summed E-state index contributed by atoms with van der Waals surface area (Å²) in [6.07, 6.45) is 3.27. The second-order valence-electron chi connectivity index (χ2n) is 7.23. The lowest BCUT2D eigenvalue weighted by atomic mass is 10.0. The highest BCUT2D eigenvalue weighted by Crippen LogP contribution is 2.36. The predicted molar refractivity (Wildman–Crippen MR) is 123 cm³/mol. The number of nitrogens with zero attached hydrogens (tertiary/aromatic N) is 2. The van der Waals surface area contributed by atoms with E-state index in [1.54, 1.807) is 75.1 Å². The van der Waals surface area contributed by atoms with Crippen molar-refractivity contribution in [2.45, 2.75) is 6.54 Å². The van der Waals surface area contributed by atoms with Crippen LogP contribution in [0.25, 0.3) is 5.57 Å². The molecule has 1 aliphatic heterocycles. The van der Waals surface area contributed by atoms with E-state index in [0.29, 0.717) is 28.5 Å².